The molecule has 4 aromatic carbocycles. The first-order valence-corrected chi connectivity index (χ1v) is 18.8. The molecule has 0 saturated heterocycles. The van der Waals surface area contributed by atoms with E-state index in [2.05, 4.69) is 134 Å². The van der Waals surface area contributed by atoms with E-state index in [4.69, 9.17) is 19.9 Å². The van der Waals surface area contributed by atoms with Crippen molar-refractivity contribution < 1.29 is 0 Å². The minimum atomic E-state index is 0.246. The molecule has 0 amide bonds. The van der Waals surface area contributed by atoms with E-state index in [1.54, 1.807) is 0 Å². The lowest BCUT2D eigenvalue weighted by Crippen LogP contribution is -2.22. The zero-order valence-corrected chi connectivity index (χ0v) is 29.4. The molecule has 4 heteroatoms. The lowest BCUT2D eigenvalue weighted by atomic mass is 9.67. The predicted molar refractivity (Wildman–Crippen MR) is 220 cm³/mol. The van der Waals surface area contributed by atoms with E-state index < -0.39 is 0 Å². The van der Waals surface area contributed by atoms with Crippen LogP contribution in [0.3, 0.4) is 0 Å². The summed E-state index contributed by atoms with van der Waals surface area (Å²) in [5.41, 5.74) is 17.3. The van der Waals surface area contributed by atoms with Gasteiger partial charge >= 0.3 is 0 Å². The number of pyridine rings is 1. The summed E-state index contributed by atoms with van der Waals surface area (Å²) in [6.45, 7) is 0. The molecule has 0 aliphatic heterocycles. The molecule has 4 nitrogen and oxygen atoms in total. The van der Waals surface area contributed by atoms with E-state index in [0.717, 1.165) is 46.9 Å². The summed E-state index contributed by atoms with van der Waals surface area (Å²) in [6, 6.07) is 28.3. The van der Waals surface area contributed by atoms with E-state index in [1.807, 2.05) is 18.3 Å². The van der Waals surface area contributed by atoms with E-state index in [9.17, 15) is 0 Å². The zero-order chi connectivity index (χ0) is 35.3. The second-order valence-corrected chi connectivity index (χ2v) is 14.8. The molecule has 6 aliphatic carbocycles. The van der Waals surface area contributed by atoms with Crippen LogP contribution >= 0.6 is 0 Å². The predicted octanol–water partition coefficient (Wildman–Crippen LogP) is 11.6. The highest BCUT2D eigenvalue weighted by atomic mass is 15.0. The Morgan fingerprint density at radius 3 is 2.43 bits per heavy atom. The van der Waals surface area contributed by atoms with Crippen LogP contribution in [0.1, 0.15) is 35.4 Å². The molecule has 2 heterocycles. The fourth-order valence-corrected chi connectivity index (χ4v) is 9.41. The number of aromatic nitrogens is 4. The number of benzene rings is 4. The Labute approximate surface area is 313 Å². The van der Waals surface area contributed by atoms with Crippen molar-refractivity contribution in [2.45, 2.75) is 19.3 Å². The largest absolute Gasteiger partial charge is 0.252 e. The van der Waals surface area contributed by atoms with Crippen molar-refractivity contribution in [2.24, 2.45) is 5.92 Å². The fourth-order valence-electron chi connectivity index (χ4n) is 9.41. The summed E-state index contributed by atoms with van der Waals surface area (Å²) in [4.78, 5) is 20.5. The SMILES string of the molecule is C1=CC2=CC=C3CC=CC4=C3C2C(=C1)C=C4c1nc(-c2ccc(-c3ccc4c5c6c(ccc35)C=CCC6=CC4)cc2)nc(-c2nccc3ccccc23)n1. The quantitative estimate of drug-likeness (QED) is 0.185. The van der Waals surface area contributed by atoms with Gasteiger partial charge in [0.25, 0.3) is 0 Å². The summed E-state index contributed by atoms with van der Waals surface area (Å²) < 4.78 is 0. The molecule has 54 heavy (non-hydrogen) atoms. The van der Waals surface area contributed by atoms with Crippen LogP contribution in [-0.2, 0) is 6.42 Å². The Morgan fingerprint density at radius 2 is 1.46 bits per heavy atom. The van der Waals surface area contributed by atoms with Gasteiger partial charge in [-0.1, -0.05) is 134 Å². The first-order valence-electron chi connectivity index (χ1n) is 18.8. The zero-order valence-electron chi connectivity index (χ0n) is 29.4. The van der Waals surface area contributed by atoms with Crippen molar-refractivity contribution in [1.82, 2.24) is 19.9 Å². The Bertz CT molecular complexity index is 2990. The molecule has 0 radical (unpaired) electrons. The van der Waals surface area contributed by atoms with E-state index in [-0.39, 0.29) is 5.92 Å². The molecule has 0 spiro atoms. The maximum atomic E-state index is 5.27. The monoisotopic (exact) mass is 688 g/mol. The average molecular weight is 689 g/mol. The van der Waals surface area contributed by atoms with Crippen LogP contribution in [0.4, 0.5) is 0 Å². The molecule has 0 bridgehead atoms. The number of rotatable bonds is 4. The molecule has 12 rings (SSSR count). The van der Waals surface area contributed by atoms with Gasteiger partial charge in [-0.15, -0.1) is 0 Å². The van der Waals surface area contributed by atoms with Crippen LogP contribution in [0, 0.1) is 5.92 Å². The van der Waals surface area contributed by atoms with Gasteiger partial charge in [0.15, 0.2) is 17.5 Å². The molecule has 6 aromatic rings. The summed E-state index contributed by atoms with van der Waals surface area (Å²) in [7, 11) is 0. The van der Waals surface area contributed by atoms with Gasteiger partial charge in [-0.05, 0) is 109 Å². The van der Waals surface area contributed by atoms with E-state index >= 15 is 0 Å². The maximum Gasteiger partial charge on any atom is 0.183 e. The first kappa shape index (κ1) is 29.8. The topological polar surface area (TPSA) is 51.6 Å². The molecular formula is C50H32N4. The lowest BCUT2D eigenvalue weighted by Gasteiger charge is -2.36. The van der Waals surface area contributed by atoms with Crippen molar-refractivity contribution >= 4 is 38.8 Å². The lowest BCUT2D eigenvalue weighted by molar-refractivity contribution is 0.832. The number of hydrogen-bond acceptors (Lipinski definition) is 4. The Morgan fingerprint density at radius 1 is 0.611 bits per heavy atom. The van der Waals surface area contributed by atoms with Crippen LogP contribution in [0.2, 0.25) is 0 Å². The fraction of sp³-hybridized carbons (Fsp3) is 0.0800. The second kappa shape index (κ2) is 11.4. The van der Waals surface area contributed by atoms with Crippen LogP contribution in [0.5, 0.6) is 0 Å². The van der Waals surface area contributed by atoms with Gasteiger partial charge in [0.05, 0.1) is 0 Å². The van der Waals surface area contributed by atoms with Gasteiger partial charge in [0, 0.05) is 28.6 Å². The van der Waals surface area contributed by atoms with Crippen LogP contribution in [0.15, 0.2) is 174 Å². The van der Waals surface area contributed by atoms with Gasteiger partial charge in [-0.3, -0.25) is 4.98 Å². The molecule has 6 aliphatic rings. The highest BCUT2D eigenvalue weighted by molar-refractivity contribution is 6.08. The molecule has 2 aromatic heterocycles. The third-order valence-corrected chi connectivity index (χ3v) is 11.9. The smallest absolute Gasteiger partial charge is 0.183 e. The van der Waals surface area contributed by atoms with Crippen LogP contribution in [0.25, 0.3) is 72.8 Å². The van der Waals surface area contributed by atoms with E-state index in [0.29, 0.717) is 17.5 Å². The van der Waals surface area contributed by atoms with Crippen molar-refractivity contribution in [2.75, 3.05) is 0 Å². The van der Waals surface area contributed by atoms with Gasteiger partial charge in [-0.25, -0.2) is 15.0 Å². The minimum Gasteiger partial charge on any atom is -0.252 e. The molecule has 0 N–H and O–H groups in total. The molecular weight excluding hydrogens is 657 g/mol. The summed E-state index contributed by atoms with van der Waals surface area (Å²) in [5, 5.41) is 4.83. The summed E-state index contributed by atoms with van der Waals surface area (Å²) in [5.74, 6) is 2.11. The molecule has 1 unspecified atom stereocenters. The van der Waals surface area contributed by atoms with Crippen molar-refractivity contribution in [3.8, 4) is 34.0 Å². The number of hydrogen-bond donors (Lipinski definition) is 0. The Balaban J connectivity index is 1.02. The third kappa shape index (κ3) is 4.37. The number of nitrogens with zero attached hydrogens (tertiary/aromatic N) is 4. The van der Waals surface area contributed by atoms with Crippen molar-refractivity contribution in [3.05, 3.63) is 196 Å². The summed E-state index contributed by atoms with van der Waals surface area (Å²) >= 11 is 0. The highest BCUT2D eigenvalue weighted by Gasteiger charge is 2.36. The van der Waals surface area contributed by atoms with Crippen molar-refractivity contribution in [1.29, 1.82) is 0 Å². The molecule has 1 atom stereocenters. The van der Waals surface area contributed by atoms with Crippen LogP contribution < -0.4 is 0 Å². The van der Waals surface area contributed by atoms with Gasteiger partial charge < -0.3 is 0 Å². The van der Waals surface area contributed by atoms with Gasteiger partial charge in [0.2, 0.25) is 0 Å². The van der Waals surface area contributed by atoms with Gasteiger partial charge in [-0.2, -0.15) is 0 Å². The molecule has 0 saturated carbocycles. The number of allylic oxidation sites excluding steroid dienone is 17. The van der Waals surface area contributed by atoms with Gasteiger partial charge in [0.1, 0.15) is 5.69 Å². The molecule has 252 valence electrons. The Hall–Kier alpha value is -6.78. The molecule has 0 fully saturated rings. The maximum absolute atomic E-state index is 5.27. The highest BCUT2D eigenvalue weighted by Crippen LogP contribution is 2.50. The average Bonchev–Trinajstić information content (AvgIpc) is 3.24. The summed E-state index contributed by atoms with van der Waals surface area (Å²) in [6.07, 6.45) is 29.8. The normalized spacial score (nSPS) is 18.6. The first-order chi connectivity index (χ1) is 26.7. The third-order valence-electron chi connectivity index (χ3n) is 11.9. The number of fused-ring (bicyclic) bond motifs is 1. The Kier molecular flexibility index (Phi) is 6.26. The van der Waals surface area contributed by atoms with Crippen LogP contribution in [-0.4, -0.2) is 19.9 Å². The minimum absolute atomic E-state index is 0.246. The van der Waals surface area contributed by atoms with E-state index in [1.165, 1.54) is 72.0 Å². The standard InChI is InChI=1S/C50H32N4/c1-2-12-39-29(6-1)26-27-51-47(39)50-53-48(52-49(54-50)42-28-37-11-4-9-32-16-18-34-10-5-13-40(42)45(34)44(32)37)36-20-14-30(15-21-36)38-24-22-35-19-17-31-7-3-8-33-23-25-41(38)46(35)43(31)33/h1-6,8-9,11-18,20-28,44H,7,10,19H2. The van der Waals surface area contributed by atoms with Crippen molar-refractivity contribution in [3.63, 3.8) is 0 Å². The second-order valence-electron chi connectivity index (χ2n) is 14.8.